The minimum atomic E-state index is 0.313. The van der Waals surface area contributed by atoms with Crippen LogP contribution in [-0.4, -0.2) is 16.1 Å². The standard InChI is InChI=1S/C10H9Cl2N3O/c11-6-5-9-14-15-10(16-9)13-8-4-2-1-3-7(8)12/h1-4H,5-6H2,(H,13,15). The highest BCUT2D eigenvalue weighted by Gasteiger charge is 2.06. The molecule has 4 nitrogen and oxygen atoms in total. The van der Waals surface area contributed by atoms with Crippen molar-refractivity contribution in [1.82, 2.24) is 10.2 Å². The monoisotopic (exact) mass is 257 g/mol. The van der Waals surface area contributed by atoms with E-state index in [1.54, 1.807) is 6.07 Å². The first-order chi connectivity index (χ1) is 7.79. The number of hydrogen-bond acceptors (Lipinski definition) is 4. The van der Waals surface area contributed by atoms with Crippen LogP contribution in [0, 0.1) is 0 Å². The maximum absolute atomic E-state index is 5.97. The molecule has 0 radical (unpaired) electrons. The molecule has 0 bridgehead atoms. The zero-order valence-electron chi connectivity index (χ0n) is 8.28. The molecule has 0 aliphatic rings. The Labute approximate surface area is 103 Å². The molecule has 0 aliphatic carbocycles. The lowest BCUT2D eigenvalue weighted by molar-refractivity contribution is 0.516. The molecule has 0 fully saturated rings. The number of aryl methyl sites for hydroxylation is 1. The normalized spacial score (nSPS) is 10.4. The molecule has 1 aromatic carbocycles. The van der Waals surface area contributed by atoms with E-state index < -0.39 is 0 Å². The third-order valence-electron chi connectivity index (χ3n) is 1.89. The molecular formula is C10H9Cl2N3O. The molecule has 0 saturated carbocycles. The van der Waals surface area contributed by atoms with E-state index in [0.717, 1.165) is 5.69 Å². The summed E-state index contributed by atoms with van der Waals surface area (Å²) in [5.74, 6) is 0.956. The van der Waals surface area contributed by atoms with Gasteiger partial charge in [-0.2, -0.15) is 0 Å². The van der Waals surface area contributed by atoms with E-state index in [-0.39, 0.29) is 0 Å². The lowest BCUT2D eigenvalue weighted by atomic mass is 10.3. The predicted octanol–water partition coefficient (Wildman–Crippen LogP) is 3.25. The first-order valence-electron chi connectivity index (χ1n) is 4.69. The van der Waals surface area contributed by atoms with E-state index >= 15 is 0 Å². The molecule has 0 aliphatic heterocycles. The van der Waals surface area contributed by atoms with Gasteiger partial charge in [-0.15, -0.1) is 16.7 Å². The smallest absolute Gasteiger partial charge is 0.320 e. The van der Waals surface area contributed by atoms with Crippen molar-refractivity contribution in [3.63, 3.8) is 0 Å². The summed E-state index contributed by atoms with van der Waals surface area (Å²) in [4.78, 5) is 0. The Morgan fingerprint density at radius 2 is 2.06 bits per heavy atom. The van der Waals surface area contributed by atoms with E-state index in [0.29, 0.717) is 29.2 Å². The number of nitrogens with one attached hydrogen (secondary N) is 1. The molecule has 2 aromatic rings. The Bertz CT molecular complexity index is 473. The van der Waals surface area contributed by atoms with Crippen LogP contribution in [0.3, 0.4) is 0 Å². The number of para-hydroxylation sites is 1. The highest BCUT2D eigenvalue weighted by Crippen LogP contribution is 2.23. The van der Waals surface area contributed by atoms with Gasteiger partial charge in [0.2, 0.25) is 5.89 Å². The van der Waals surface area contributed by atoms with Crippen LogP contribution in [-0.2, 0) is 6.42 Å². The number of hydrogen-bond donors (Lipinski definition) is 1. The van der Waals surface area contributed by atoms with E-state index in [9.17, 15) is 0 Å². The maximum Gasteiger partial charge on any atom is 0.320 e. The van der Waals surface area contributed by atoms with Gasteiger partial charge in [0.25, 0.3) is 0 Å². The third-order valence-corrected chi connectivity index (χ3v) is 2.41. The number of nitrogens with zero attached hydrogens (tertiary/aromatic N) is 2. The Kier molecular flexibility index (Phi) is 3.64. The third kappa shape index (κ3) is 2.65. The fraction of sp³-hybridized carbons (Fsp3) is 0.200. The Hall–Kier alpha value is -1.26. The van der Waals surface area contributed by atoms with E-state index in [2.05, 4.69) is 15.5 Å². The van der Waals surface area contributed by atoms with Gasteiger partial charge in [-0.25, -0.2) is 0 Å². The van der Waals surface area contributed by atoms with E-state index in [4.69, 9.17) is 27.6 Å². The van der Waals surface area contributed by atoms with E-state index in [1.165, 1.54) is 0 Å². The van der Waals surface area contributed by atoms with Crippen molar-refractivity contribution in [1.29, 1.82) is 0 Å². The molecule has 1 heterocycles. The molecule has 1 N–H and O–H groups in total. The summed E-state index contributed by atoms with van der Waals surface area (Å²) in [5.41, 5.74) is 0.727. The minimum Gasteiger partial charge on any atom is -0.408 e. The minimum absolute atomic E-state index is 0.313. The molecule has 2 rings (SSSR count). The second-order valence-electron chi connectivity index (χ2n) is 3.04. The maximum atomic E-state index is 5.97. The molecule has 16 heavy (non-hydrogen) atoms. The summed E-state index contributed by atoms with van der Waals surface area (Å²) in [6.45, 7) is 0. The second kappa shape index (κ2) is 5.18. The molecule has 0 amide bonds. The summed E-state index contributed by atoms with van der Waals surface area (Å²) < 4.78 is 5.31. The van der Waals surface area contributed by atoms with Gasteiger partial charge in [0.05, 0.1) is 10.7 Å². The highest BCUT2D eigenvalue weighted by molar-refractivity contribution is 6.33. The first kappa shape index (κ1) is 11.2. The van der Waals surface area contributed by atoms with Crippen LogP contribution in [0.4, 0.5) is 11.7 Å². The SMILES string of the molecule is ClCCc1nnc(Nc2ccccc2Cl)o1. The van der Waals surface area contributed by atoms with Crippen molar-refractivity contribution >= 4 is 34.9 Å². The van der Waals surface area contributed by atoms with Gasteiger partial charge in [-0.1, -0.05) is 28.8 Å². The zero-order chi connectivity index (χ0) is 11.4. The zero-order valence-corrected chi connectivity index (χ0v) is 9.79. The average molecular weight is 258 g/mol. The highest BCUT2D eigenvalue weighted by atomic mass is 35.5. The molecule has 84 valence electrons. The number of aromatic nitrogens is 2. The van der Waals surface area contributed by atoms with Gasteiger partial charge in [-0.3, -0.25) is 0 Å². The molecule has 1 aromatic heterocycles. The van der Waals surface area contributed by atoms with Crippen LogP contribution in [0.15, 0.2) is 28.7 Å². The topological polar surface area (TPSA) is 51.0 Å². The molecular weight excluding hydrogens is 249 g/mol. The van der Waals surface area contributed by atoms with Gasteiger partial charge < -0.3 is 9.73 Å². The summed E-state index contributed by atoms with van der Waals surface area (Å²) in [6.07, 6.45) is 0.554. The average Bonchev–Trinajstić information content (AvgIpc) is 2.70. The molecule has 0 unspecified atom stereocenters. The number of alkyl halides is 1. The number of halogens is 2. The van der Waals surface area contributed by atoms with Crippen molar-refractivity contribution in [2.24, 2.45) is 0 Å². The second-order valence-corrected chi connectivity index (χ2v) is 3.83. The quantitative estimate of drug-likeness (QED) is 0.855. The lowest BCUT2D eigenvalue weighted by Gasteiger charge is -2.02. The number of anilines is 2. The fourth-order valence-corrected chi connectivity index (χ4v) is 1.51. The molecule has 0 spiro atoms. The van der Waals surface area contributed by atoms with Crippen molar-refractivity contribution in [2.75, 3.05) is 11.2 Å². The largest absolute Gasteiger partial charge is 0.408 e. The van der Waals surface area contributed by atoms with Crippen LogP contribution >= 0.6 is 23.2 Å². The van der Waals surface area contributed by atoms with Crippen molar-refractivity contribution < 1.29 is 4.42 Å². The molecule has 6 heteroatoms. The predicted molar refractivity (Wildman–Crippen MR) is 63.5 cm³/mol. The van der Waals surface area contributed by atoms with Crippen LogP contribution in [0.25, 0.3) is 0 Å². The molecule has 0 saturated heterocycles. The number of benzene rings is 1. The summed E-state index contributed by atoms with van der Waals surface area (Å²) in [6, 6.07) is 7.63. The van der Waals surface area contributed by atoms with Crippen LogP contribution in [0.2, 0.25) is 5.02 Å². The van der Waals surface area contributed by atoms with Crippen molar-refractivity contribution in [3.8, 4) is 0 Å². The van der Waals surface area contributed by atoms with Crippen LogP contribution < -0.4 is 5.32 Å². The Balaban J connectivity index is 2.11. The van der Waals surface area contributed by atoms with Gasteiger partial charge in [-0.05, 0) is 12.1 Å². The van der Waals surface area contributed by atoms with Gasteiger partial charge in [0, 0.05) is 12.3 Å². The molecule has 0 atom stereocenters. The van der Waals surface area contributed by atoms with Gasteiger partial charge in [0.1, 0.15) is 0 Å². The summed E-state index contributed by atoms with van der Waals surface area (Å²) >= 11 is 11.5. The number of rotatable bonds is 4. The van der Waals surface area contributed by atoms with Crippen LogP contribution in [0.5, 0.6) is 0 Å². The Morgan fingerprint density at radius 1 is 1.25 bits per heavy atom. The first-order valence-corrected chi connectivity index (χ1v) is 5.61. The summed E-state index contributed by atoms with van der Waals surface area (Å²) in [5, 5.41) is 11.2. The Morgan fingerprint density at radius 3 is 2.81 bits per heavy atom. The summed E-state index contributed by atoms with van der Waals surface area (Å²) in [7, 11) is 0. The van der Waals surface area contributed by atoms with Gasteiger partial charge in [0.15, 0.2) is 0 Å². The lowest BCUT2D eigenvalue weighted by Crippen LogP contribution is -1.90. The van der Waals surface area contributed by atoms with Gasteiger partial charge >= 0.3 is 6.01 Å². The van der Waals surface area contributed by atoms with E-state index in [1.807, 2.05) is 18.2 Å². The van der Waals surface area contributed by atoms with Crippen LogP contribution in [0.1, 0.15) is 5.89 Å². The fourth-order valence-electron chi connectivity index (χ4n) is 1.16. The van der Waals surface area contributed by atoms with Crippen molar-refractivity contribution in [3.05, 3.63) is 35.2 Å². The van der Waals surface area contributed by atoms with Crippen molar-refractivity contribution in [2.45, 2.75) is 6.42 Å².